The molecule has 0 aliphatic heterocycles. The number of carboxylic acids is 1. The van der Waals surface area contributed by atoms with Crippen molar-refractivity contribution in [2.45, 2.75) is 13.5 Å². The lowest BCUT2D eigenvalue weighted by molar-refractivity contribution is -0.386. The van der Waals surface area contributed by atoms with Crippen molar-refractivity contribution < 1.29 is 28.7 Å². The minimum Gasteiger partial charge on any atom is -0.490 e. The van der Waals surface area contributed by atoms with Gasteiger partial charge >= 0.3 is 11.7 Å². The van der Waals surface area contributed by atoms with Gasteiger partial charge in [0.25, 0.3) is 5.56 Å². The van der Waals surface area contributed by atoms with Gasteiger partial charge < -0.3 is 19.0 Å². The Kier molecular flexibility index (Phi) is 8.19. The van der Waals surface area contributed by atoms with E-state index < -0.39 is 22.1 Å². The minimum atomic E-state index is -1.11. The summed E-state index contributed by atoms with van der Waals surface area (Å²) in [4.78, 5) is 41.2. The second-order valence-corrected chi connectivity index (χ2v) is 10.4. The van der Waals surface area contributed by atoms with E-state index >= 15 is 0 Å². The quantitative estimate of drug-likeness (QED) is 0.0953. The second-order valence-electron chi connectivity index (χ2n) is 9.96. The summed E-state index contributed by atoms with van der Waals surface area (Å²) in [6.45, 7) is 1.72. The van der Waals surface area contributed by atoms with Crippen molar-refractivity contribution in [1.82, 2.24) is 9.66 Å². The number of para-hydroxylation sites is 1. The Hall–Kier alpha value is -6.01. The lowest BCUT2D eigenvalue weighted by atomic mass is 10.1. The number of hydrogen-bond donors (Lipinski definition) is 1. The molecule has 6 aromatic rings. The van der Waals surface area contributed by atoms with Crippen molar-refractivity contribution in [3.8, 4) is 23.1 Å². The molecular weight excluding hydrogens is 616 g/mol. The van der Waals surface area contributed by atoms with Crippen LogP contribution in [0.1, 0.15) is 28.4 Å². The molecule has 2 heterocycles. The van der Waals surface area contributed by atoms with Gasteiger partial charge in [0.2, 0.25) is 11.6 Å². The van der Waals surface area contributed by atoms with E-state index in [4.69, 9.17) is 25.5 Å². The molecule has 2 aromatic heterocycles. The number of rotatable bonds is 10. The maximum absolute atomic E-state index is 13.7. The van der Waals surface area contributed by atoms with E-state index in [1.165, 1.54) is 30.5 Å². The topological polar surface area (TPSA) is 159 Å². The molecule has 0 amide bonds. The zero-order valence-electron chi connectivity index (χ0n) is 24.0. The van der Waals surface area contributed by atoms with E-state index in [-0.39, 0.29) is 47.4 Å². The molecule has 0 aliphatic rings. The number of halogens is 1. The van der Waals surface area contributed by atoms with Crippen LogP contribution in [0.15, 0.2) is 99.2 Å². The summed E-state index contributed by atoms with van der Waals surface area (Å²) in [5.74, 6) is -0.828. The number of aromatic carboxylic acids is 1. The van der Waals surface area contributed by atoms with Gasteiger partial charge in [0, 0.05) is 22.0 Å². The van der Waals surface area contributed by atoms with Crippen molar-refractivity contribution in [2.75, 3.05) is 6.61 Å². The van der Waals surface area contributed by atoms with Gasteiger partial charge in [-0.05, 0) is 67.1 Å². The highest BCUT2D eigenvalue weighted by Crippen LogP contribution is 2.39. The number of benzene rings is 4. The van der Waals surface area contributed by atoms with E-state index in [0.717, 1.165) is 4.68 Å². The molecule has 13 heteroatoms. The molecule has 0 aliphatic carbocycles. The summed E-state index contributed by atoms with van der Waals surface area (Å²) in [6, 6.07) is 22.3. The fourth-order valence-electron chi connectivity index (χ4n) is 4.81. The number of nitro benzene ring substituents is 1. The zero-order chi connectivity index (χ0) is 32.4. The van der Waals surface area contributed by atoms with E-state index in [1.807, 2.05) is 0 Å². The van der Waals surface area contributed by atoms with Crippen LogP contribution in [0.5, 0.6) is 11.5 Å². The Morgan fingerprint density at radius 1 is 1.09 bits per heavy atom. The maximum atomic E-state index is 13.7. The van der Waals surface area contributed by atoms with Gasteiger partial charge in [0.05, 0.1) is 34.2 Å². The molecule has 0 atom stereocenters. The number of carbonyl (C=O) groups is 1. The van der Waals surface area contributed by atoms with Gasteiger partial charge in [-0.25, -0.2) is 9.78 Å². The third-order valence-corrected chi connectivity index (χ3v) is 7.12. The molecular formula is C33H23ClN4O8. The van der Waals surface area contributed by atoms with Crippen molar-refractivity contribution in [3.63, 3.8) is 0 Å². The normalized spacial score (nSPS) is 11.3. The van der Waals surface area contributed by atoms with Crippen LogP contribution in [0.3, 0.4) is 0 Å². The number of furan rings is 1. The molecule has 0 bridgehead atoms. The summed E-state index contributed by atoms with van der Waals surface area (Å²) in [5, 5.41) is 27.4. The number of nitrogens with zero attached hydrogens (tertiary/aromatic N) is 4. The lowest BCUT2D eigenvalue weighted by Crippen LogP contribution is -2.20. The first kappa shape index (κ1) is 30.0. The highest BCUT2D eigenvalue weighted by atomic mass is 35.5. The second kappa shape index (κ2) is 12.5. The molecule has 1 N–H and O–H groups in total. The van der Waals surface area contributed by atoms with Gasteiger partial charge in [-0.3, -0.25) is 14.9 Å². The van der Waals surface area contributed by atoms with Gasteiger partial charge in [-0.15, -0.1) is 0 Å². The monoisotopic (exact) mass is 638 g/mol. The Bertz CT molecular complexity index is 2240. The largest absolute Gasteiger partial charge is 0.490 e. The van der Waals surface area contributed by atoms with Crippen LogP contribution in [0.4, 0.5) is 5.69 Å². The highest BCUT2D eigenvalue weighted by molar-refractivity contribution is 6.31. The number of aromatic nitrogens is 2. The van der Waals surface area contributed by atoms with Crippen LogP contribution in [0.2, 0.25) is 5.02 Å². The number of nitro groups is 1. The number of ether oxygens (including phenoxy) is 2. The number of carboxylic acid groups (broad SMARTS) is 1. The smallest absolute Gasteiger partial charge is 0.335 e. The van der Waals surface area contributed by atoms with Crippen LogP contribution < -0.4 is 15.0 Å². The number of hydrogen-bond acceptors (Lipinski definition) is 9. The van der Waals surface area contributed by atoms with Crippen molar-refractivity contribution in [3.05, 3.63) is 127 Å². The fraction of sp³-hybridized carbons (Fsp3) is 0.0909. The van der Waals surface area contributed by atoms with Crippen molar-refractivity contribution >= 4 is 51.3 Å². The Morgan fingerprint density at radius 2 is 1.91 bits per heavy atom. The van der Waals surface area contributed by atoms with Crippen LogP contribution in [-0.4, -0.2) is 38.5 Å². The van der Waals surface area contributed by atoms with Crippen molar-refractivity contribution in [2.24, 2.45) is 5.10 Å². The van der Waals surface area contributed by atoms with E-state index in [0.29, 0.717) is 32.5 Å². The van der Waals surface area contributed by atoms with Crippen LogP contribution in [-0.2, 0) is 6.61 Å². The SMILES string of the molecule is CCOc1cc(C=Nn2c(-c3cc4cc(Cl)ccc4o3)nc3ccccc3c2=O)cc([N+](=O)[O-])c1OCc1cccc(C(=O)O)c1. The van der Waals surface area contributed by atoms with Gasteiger partial charge in [-0.2, -0.15) is 9.78 Å². The molecule has 0 saturated heterocycles. The Labute approximate surface area is 264 Å². The van der Waals surface area contributed by atoms with Gasteiger partial charge in [-0.1, -0.05) is 35.9 Å². The summed E-state index contributed by atoms with van der Waals surface area (Å²) in [6.07, 6.45) is 1.27. The zero-order valence-corrected chi connectivity index (χ0v) is 24.8. The Balaban J connectivity index is 1.43. The molecule has 12 nitrogen and oxygen atoms in total. The maximum Gasteiger partial charge on any atom is 0.335 e. The first-order valence-corrected chi connectivity index (χ1v) is 14.3. The van der Waals surface area contributed by atoms with E-state index in [9.17, 15) is 24.8 Å². The summed E-state index contributed by atoms with van der Waals surface area (Å²) in [7, 11) is 0. The first-order chi connectivity index (χ1) is 22.2. The third-order valence-electron chi connectivity index (χ3n) is 6.89. The average molecular weight is 639 g/mol. The molecule has 46 heavy (non-hydrogen) atoms. The molecule has 0 unspecified atom stereocenters. The molecule has 4 aromatic carbocycles. The van der Waals surface area contributed by atoms with Crippen molar-refractivity contribution in [1.29, 1.82) is 0 Å². The number of fused-ring (bicyclic) bond motifs is 2. The van der Waals surface area contributed by atoms with Crippen LogP contribution in [0, 0.1) is 10.1 Å². The molecule has 230 valence electrons. The average Bonchev–Trinajstić information content (AvgIpc) is 3.47. The molecule has 0 saturated carbocycles. The lowest BCUT2D eigenvalue weighted by Gasteiger charge is -2.13. The van der Waals surface area contributed by atoms with Gasteiger partial charge in [0.15, 0.2) is 11.5 Å². The fourth-order valence-corrected chi connectivity index (χ4v) is 5.00. The predicted octanol–water partition coefficient (Wildman–Crippen LogP) is 6.93. The minimum absolute atomic E-state index is 0.0522. The Morgan fingerprint density at radius 3 is 2.70 bits per heavy atom. The van der Waals surface area contributed by atoms with Gasteiger partial charge in [0.1, 0.15) is 12.2 Å². The predicted molar refractivity (Wildman–Crippen MR) is 171 cm³/mol. The summed E-state index contributed by atoms with van der Waals surface area (Å²) in [5.41, 5.74) is 0.829. The molecule has 6 rings (SSSR count). The highest BCUT2D eigenvalue weighted by Gasteiger charge is 2.23. The van der Waals surface area contributed by atoms with E-state index in [2.05, 4.69) is 10.1 Å². The van der Waals surface area contributed by atoms with Crippen LogP contribution in [0.25, 0.3) is 33.5 Å². The molecule has 0 radical (unpaired) electrons. The third kappa shape index (κ3) is 6.01. The summed E-state index contributed by atoms with van der Waals surface area (Å²) < 4.78 is 18.6. The van der Waals surface area contributed by atoms with Crippen LogP contribution >= 0.6 is 11.6 Å². The molecule has 0 spiro atoms. The summed E-state index contributed by atoms with van der Waals surface area (Å²) >= 11 is 6.15. The standard InChI is InChI=1S/C33H23ClN4O8/c1-2-44-28-14-20(13-26(38(42)43)30(28)45-18-19-6-5-7-21(12-19)33(40)41)17-35-37-31(36-25-9-4-3-8-24(25)32(37)39)29-16-22-15-23(34)10-11-27(22)46-29/h3-17H,2,18H2,1H3,(H,40,41). The van der Waals surface area contributed by atoms with E-state index in [1.54, 1.807) is 67.6 Å². The first-order valence-electron chi connectivity index (χ1n) is 13.9. The molecule has 0 fully saturated rings.